The van der Waals surface area contributed by atoms with Gasteiger partial charge in [0.1, 0.15) is 0 Å². The number of carbonyl (C=O) groups excluding carboxylic acids is 1. The third kappa shape index (κ3) is 3.23. The third-order valence-corrected chi connectivity index (χ3v) is 3.51. The molecule has 1 aliphatic heterocycles. The van der Waals surface area contributed by atoms with Crippen LogP contribution in [0.4, 0.5) is 4.79 Å². The van der Waals surface area contributed by atoms with E-state index in [1.54, 1.807) is 11.9 Å². The van der Waals surface area contributed by atoms with Gasteiger partial charge in [-0.1, -0.05) is 0 Å². The zero-order chi connectivity index (χ0) is 8.97. The first-order valence-corrected chi connectivity index (χ1v) is 5.71. The zero-order valence-electron chi connectivity index (χ0n) is 7.25. The summed E-state index contributed by atoms with van der Waals surface area (Å²) < 4.78 is 0. The molecule has 4 heteroatoms. The van der Waals surface area contributed by atoms with Gasteiger partial charge in [-0.15, -0.1) is 0 Å². The smallest absolute Gasteiger partial charge is 0.316 e. The van der Waals surface area contributed by atoms with E-state index in [4.69, 9.17) is 11.6 Å². The second kappa shape index (κ2) is 4.97. The molecule has 12 heavy (non-hydrogen) atoms. The Morgan fingerprint density at radius 3 is 2.67 bits per heavy atom. The van der Waals surface area contributed by atoms with Gasteiger partial charge in [0.05, 0.1) is 0 Å². The van der Waals surface area contributed by atoms with Crippen molar-refractivity contribution in [2.45, 2.75) is 12.8 Å². The summed E-state index contributed by atoms with van der Waals surface area (Å²) in [5.41, 5.74) is 0. The van der Waals surface area contributed by atoms with Gasteiger partial charge in [-0.05, 0) is 41.9 Å². The first kappa shape index (κ1) is 10.2. The molecule has 0 aromatic carbocycles. The highest BCUT2D eigenvalue weighted by Crippen LogP contribution is 2.23. The SMILES string of the molecule is CN(CC1CCSCC1)C(=O)Cl. The first-order valence-electron chi connectivity index (χ1n) is 4.18. The second-order valence-corrected chi connectivity index (χ2v) is 4.74. The highest BCUT2D eigenvalue weighted by atomic mass is 35.5. The van der Waals surface area contributed by atoms with E-state index >= 15 is 0 Å². The number of rotatable bonds is 2. The number of amides is 1. The molecule has 0 spiro atoms. The van der Waals surface area contributed by atoms with Crippen LogP contribution in [0.5, 0.6) is 0 Å². The van der Waals surface area contributed by atoms with Gasteiger partial charge in [0.2, 0.25) is 0 Å². The predicted molar refractivity (Wildman–Crippen MR) is 53.9 cm³/mol. The van der Waals surface area contributed by atoms with Crippen LogP contribution in [0.3, 0.4) is 0 Å². The summed E-state index contributed by atoms with van der Waals surface area (Å²) in [7, 11) is 1.76. The molecule has 0 radical (unpaired) electrons. The lowest BCUT2D eigenvalue weighted by atomic mass is 10.0. The number of hydrogen-bond donors (Lipinski definition) is 0. The molecular formula is C8H14ClNOS. The van der Waals surface area contributed by atoms with Gasteiger partial charge in [0, 0.05) is 13.6 Å². The summed E-state index contributed by atoms with van der Waals surface area (Å²) in [6.07, 6.45) is 2.44. The molecule has 0 N–H and O–H groups in total. The van der Waals surface area contributed by atoms with Gasteiger partial charge in [0.15, 0.2) is 0 Å². The summed E-state index contributed by atoms with van der Waals surface area (Å²) in [6, 6.07) is 0. The van der Waals surface area contributed by atoms with E-state index in [2.05, 4.69) is 0 Å². The average molecular weight is 208 g/mol. The van der Waals surface area contributed by atoms with Gasteiger partial charge in [-0.25, -0.2) is 0 Å². The lowest BCUT2D eigenvalue weighted by Crippen LogP contribution is -2.29. The molecule has 0 aromatic rings. The lowest BCUT2D eigenvalue weighted by molar-refractivity contribution is 0.222. The Morgan fingerprint density at radius 2 is 2.17 bits per heavy atom. The summed E-state index contributed by atoms with van der Waals surface area (Å²) in [6.45, 7) is 0.822. The van der Waals surface area contributed by atoms with Crippen molar-refractivity contribution in [3.63, 3.8) is 0 Å². The molecule has 70 valence electrons. The number of thioether (sulfide) groups is 1. The van der Waals surface area contributed by atoms with Gasteiger partial charge < -0.3 is 4.90 Å². The van der Waals surface area contributed by atoms with Crippen molar-refractivity contribution in [1.82, 2.24) is 4.90 Å². The molecule has 0 aromatic heterocycles. The van der Waals surface area contributed by atoms with Crippen LogP contribution in [0, 0.1) is 5.92 Å². The fourth-order valence-corrected chi connectivity index (χ4v) is 2.66. The summed E-state index contributed by atoms with van der Waals surface area (Å²) in [5, 5.41) is -0.340. The van der Waals surface area contributed by atoms with Crippen molar-refractivity contribution >= 4 is 28.7 Å². The van der Waals surface area contributed by atoms with Crippen molar-refractivity contribution in [1.29, 1.82) is 0 Å². The van der Waals surface area contributed by atoms with Crippen LogP contribution in [-0.2, 0) is 0 Å². The molecule has 1 heterocycles. The van der Waals surface area contributed by atoms with E-state index in [9.17, 15) is 4.79 Å². The maximum Gasteiger partial charge on any atom is 0.316 e. The van der Waals surface area contributed by atoms with Crippen LogP contribution in [-0.4, -0.2) is 35.4 Å². The van der Waals surface area contributed by atoms with Gasteiger partial charge in [0.25, 0.3) is 0 Å². The van der Waals surface area contributed by atoms with Crippen molar-refractivity contribution < 1.29 is 4.79 Å². The summed E-state index contributed by atoms with van der Waals surface area (Å²) in [4.78, 5) is 12.3. The molecule has 2 nitrogen and oxygen atoms in total. The average Bonchev–Trinajstić information content (AvgIpc) is 2.06. The maximum atomic E-state index is 10.7. The standard InChI is InChI=1S/C8H14ClNOS/c1-10(8(9)11)6-7-2-4-12-5-3-7/h7H,2-6H2,1H3. The highest BCUT2D eigenvalue weighted by molar-refractivity contribution is 7.99. The minimum absolute atomic E-state index is 0.340. The molecule has 0 atom stereocenters. The molecule has 0 saturated carbocycles. The fourth-order valence-electron chi connectivity index (χ4n) is 1.39. The van der Waals surface area contributed by atoms with Crippen molar-refractivity contribution in [3.05, 3.63) is 0 Å². The van der Waals surface area contributed by atoms with Gasteiger partial charge >= 0.3 is 5.37 Å². The maximum absolute atomic E-state index is 10.7. The first-order chi connectivity index (χ1) is 5.70. The van der Waals surface area contributed by atoms with Crippen LogP contribution in [0.15, 0.2) is 0 Å². The Hall–Kier alpha value is 0.110. The molecule has 1 saturated heterocycles. The predicted octanol–water partition coefficient (Wildman–Crippen LogP) is 2.42. The molecule has 1 fully saturated rings. The number of hydrogen-bond acceptors (Lipinski definition) is 2. The summed E-state index contributed by atoms with van der Waals surface area (Å²) >= 11 is 7.33. The Bertz CT molecular complexity index is 159. The Kier molecular flexibility index (Phi) is 4.22. The normalized spacial score (nSPS) is 19.2. The van der Waals surface area contributed by atoms with Crippen LogP contribution in [0.1, 0.15) is 12.8 Å². The summed E-state index contributed by atoms with van der Waals surface area (Å²) in [5.74, 6) is 3.13. The minimum atomic E-state index is -0.340. The number of halogens is 1. The number of nitrogens with zero attached hydrogens (tertiary/aromatic N) is 1. The Balaban J connectivity index is 2.24. The Labute approximate surface area is 82.6 Å². The van der Waals surface area contributed by atoms with E-state index in [1.807, 2.05) is 11.8 Å². The Morgan fingerprint density at radius 1 is 1.58 bits per heavy atom. The molecule has 0 bridgehead atoms. The highest BCUT2D eigenvalue weighted by Gasteiger charge is 2.16. The lowest BCUT2D eigenvalue weighted by Gasteiger charge is -2.25. The minimum Gasteiger partial charge on any atom is -0.332 e. The van der Waals surface area contributed by atoms with Crippen molar-refractivity contribution in [2.24, 2.45) is 5.92 Å². The zero-order valence-corrected chi connectivity index (χ0v) is 8.83. The van der Waals surface area contributed by atoms with E-state index in [0.29, 0.717) is 5.92 Å². The molecule has 0 aliphatic carbocycles. The van der Waals surface area contributed by atoms with E-state index < -0.39 is 0 Å². The topological polar surface area (TPSA) is 20.3 Å². The third-order valence-electron chi connectivity index (χ3n) is 2.17. The van der Waals surface area contributed by atoms with Crippen LogP contribution >= 0.6 is 23.4 Å². The van der Waals surface area contributed by atoms with Crippen LogP contribution in [0.25, 0.3) is 0 Å². The second-order valence-electron chi connectivity index (χ2n) is 3.19. The van der Waals surface area contributed by atoms with Crippen LogP contribution in [0.2, 0.25) is 0 Å². The van der Waals surface area contributed by atoms with Gasteiger partial charge in [-0.2, -0.15) is 11.8 Å². The number of carbonyl (C=O) groups is 1. The molecule has 1 amide bonds. The largest absolute Gasteiger partial charge is 0.332 e. The molecular weight excluding hydrogens is 194 g/mol. The quantitative estimate of drug-likeness (QED) is 0.512. The van der Waals surface area contributed by atoms with Crippen molar-refractivity contribution in [3.8, 4) is 0 Å². The van der Waals surface area contributed by atoms with E-state index in [-0.39, 0.29) is 5.37 Å². The van der Waals surface area contributed by atoms with Crippen molar-refractivity contribution in [2.75, 3.05) is 25.1 Å². The molecule has 1 aliphatic rings. The van der Waals surface area contributed by atoms with E-state index in [0.717, 1.165) is 6.54 Å². The fraction of sp³-hybridized carbons (Fsp3) is 0.875. The van der Waals surface area contributed by atoms with Crippen LogP contribution < -0.4 is 0 Å². The molecule has 0 unspecified atom stereocenters. The van der Waals surface area contributed by atoms with E-state index in [1.165, 1.54) is 24.3 Å². The monoisotopic (exact) mass is 207 g/mol. The molecule has 1 rings (SSSR count). The van der Waals surface area contributed by atoms with Gasteiger partial charge in [-0.3, -0.25) is 4.79 Å².